The molecule has 3 aromatic heterocycles. The van der Waals surface area contributed by atoms with Gasteiger partial charge in [-0.15, -0.1) is 0 Å². The van der Waals surface area contributed by atoms with Crippen LogP contribution in [0.3, 0.4) is 0 Å². The van der Waals surface area contributed by atoms with Crippen LogP contribution in [0.4, 0.5) is 5.69 Å². The molecule has 2 aromatic carbocycles. The molecule has 5 aromatic rings. The maximum Gasteiger partial charge on any atom is 0.278 e. The van der Waals surface area contributed by atoms with Gasteiger partial charge in [-0.05, 0) is 50.5 Å². The minimum absolute atomic E-state index is 0.0231. The Hall–Kier alpha value is -4.27. The lowest BCUT2D eigenvalue weighted by Gasteiger charge is -2.11. The van der Waals surface area contributed by atoms with E-state index in [0.29, 0.717) is 28.7 Å². The molecule has 1 saturated carbocycles. The highest BCUT2D eigenvalue weighted by atomic mass is 16.5. The van der Waals surface area contributed by atoms with Crippen LogP contribution in [0.5, 0.6) is 0 Å². The highest BCUT2D eigenvalue weighted by Gasteiger charge is 2.29. The number of carbonyl (C=O) groups is 1. The van der Waals surface area contributed by atoms with Crippen molar-refractivity contribution in [3.63, 3.8) is 0 Å². The molecule has 0 aliphatic heterocycles. The van der Waals surface area contributed by atoms with Crippen molar-refractivity contribution in [2.45, 2.75) is 45.7 Å². The third-order valence-corrected chi connectivity index (χ3v) is 6.43. The number of carbonyl (C=O) groups excluding carboxylic acids is 1. The second kappa shape index (κ2) is 8.19. The van der Waals surface area contributed by atoms with Gasteiger partial charge in [-0.25, -0.2) is 4.98 Å². The number of nitrogens with zero attached hydrogens (tertiary/aromatic N) is 5. The molecule has 1 aliphatic carbocycles. The van der Waals surface area contributed by atoms with Gasteiger partial charge in [0.15, 0.2) is 5.82 Å². The van der Waals surface area contributed by atoms with E-state index in [1.54, 1.807) is 4.57 Å². The van der Waals surface area contributed by atoms with Crippen LogP contribution in [0.25, 0.3) is 21.9 Å². The van der Waals surface area contributed by atoms with E-state index < -0.39 is 0 Å². The van der Waals surface area contributed by atoms with E-state index in [-0.39, 0.29) is 24.6 Å². The van der Waals surface area contributed by atoms with Gasteiger partial charge >= 0.3 is 0 Å². The topological polar surface area (TPSA) is 108 Å². The summed E-state index contributed by atoms with van der Waals surface area (Å²) in [6.45, 7) is 4.03. The fourth-order valence-corrected chi connectivity index (χ4v) is 4.42. The van der Waals surface area contributed by atoms with E-state index in [2.05, 4.69) is 20.4 Å². The van der Waals surface area contributed by atoms with Crippen LogP contribution in [0.15, 0.2) is 58.1 Å². The largest absolute Gasteiger partial charge is 0.337 e. The normalized spacial score (nSPS) is 13.5. The molecule has 1 fully saturated rings. The van der Waals surface area contributed by atoms with Gasteiger partial charge in [0.2, 0.25) is 11.8 Å². The minimum atomic E-state index is -0.265. The number of fused-ring (bicyclic) bond motifs is 3. The van der Waals surface area contributed by atoms with Crippen LogP contribution >= 0.6 is 0 Å². The summed E-state index contributed by atoms with van der Waals surface area (Å²) in [4.78, 5) is 35.7. The van der Waals surface area contributed by atoms with E-state index in [0.717, 1.165) is 40.6 Å². The van der Waals surface area contributed by atoms with E-state index in [4.69, 9.17) is 4.52 Å². The molecule has 0 unspecified atom stereocenters. The molecule has 9 nitrogen and oxygen atoms in total. The zero-order valence-corrected chi connectivity index (χ0v) is 19.5. The fourth-order valence-electron chi connectivity index (χ4n) is 4.42. The van der Waals surface area contributed by atoms with Crippen molar-refractivity contribution >= 4 is 33.5 Å². The molecular weight excluding hydrogens is 444 g/mol. The van der Waals surface area contributed by atoms with Crippen LogP contribution < -0.4 is 10.9 Å². The number of benzene rings is 2. The van der Waals surface area contributed by atoms with Gasteiger partial charge in [0, 0.05) is 17.0 Å². The predicted octanol–water partition coefficient (Wildman–Crippen LogP) is 3.92. The highest BCUT2D eigenvalue weighted by Crippen LogP contribution is 2.38. The smallest absolute Gasteiger partial charge is 0.278 e. The first-order valence-corrected chi connectivity index (χ1v) is 11.6. The summed E-state index contributed by atoms with van der Waals surface area (Å²) in [6.07, 6.45) is 3.64. The van der Waals surface area contributed by atoms with Crippen LogP contribution in [0, 0.1) is 13.8 Å². The minimum Gasteiger partial charge on any atom is -0.337 e. The van der Waals surface area contributed by atoms with Gasteiger partial charge in [0.1, 0.15) is 24.1 Å². The average molecular weight is 469 g/mol. The van der Waals surface area contributed by atoms with E-state index in [9.17, 15) is 9.59 Å². The standard InChI is InChI=1S/C26H24N6O3/c1-15-7-10-20-18(11-15)23-24(32(20)12-21(33)28-19-6-4-3-5-16(19)2)26(34)31(14-27-23)13-22-29-25(30-35-22)17-8-9-17/h3-7,10-11,14,17H,8-9,12-13H2,1-2H3,(H,28,33). The SMILES string of the molecule is Cc1ccc2c(c1)c1ncn(Cc3nc(C4CC4)no3)c(=O)c1n2CC(=O)Nc1ccccc1C. The third-order valence-electron chi connectivity index (χ3n) is 6.43. The van der Waals surface area contributed by atoms with Gasteiger partial charge in [-0.2, -0.15) is 4.98 Å². The van der Waals surface area contributed by atoms with Crippen molar-refractivity contribution in [2.75, 3.05) is 5.32 Å². The van der Waals surface area contributed by atoms with Crippen molar-refractivity contribution in [1.29, 1.82) is 0 Å². The number of rotatable bonds is 6. The number of aryl methyl sites for hydroxylation is 2. The van der Waals surface area contributed by atoms with Crippen LogP contribution in [-0.4, -0.2) is 30.2 Å². The number of anilines is 1. The first-order chi connectivity index (χ1) is 17.0. The summed E-state index contributed by atoms with van der Waals surface area (Å²) in [7, 11) is 0. The summed E-state index contributed by atoms with van der Waals surface area (Å²) in [5.74, 6) is 1.20. The van der Waals surface area contributed by atoms with Crippen LogP contribution in [0.2, 0.25) is 0 Å². The van der Waals surface area contributed by atoms with E-state index in [1.165, 1.54) is 10.9 Å². The first-order valence-electron chi connectivity index (χ1n) is 11.6. The van der Waals surface area contributed by atoms with Gasteiger partial charge in [0.25, 0.3) is 5.56 Å². The Balaban J connectivity index is 1.42. The van der Waals surface area contributed by atoms with Crippen molar-refractivity contribution < 1.29 is 9.32 Å². The molecule has 0 bridgehead atoms. The number of hydrogen-bond donors (Lipinski definition) is 1. The summed E-state index contributed by atoms with van der Waals surface area (Å²) in [5.41, 5.74) is 4.21. The third kappa shape index (κ3) is 3.88. The molecule has 0 spiro atoms. The zero-order valence-electron chi connectivity index (χ0n) is 19.5. The Morgan fingerprint density at radius 1 is 1.17 bits per heavy atom. The van der Waals surface area contributed by atoms with E-state index >= 15 is 0 Å². The quantitative estimate of drug-likeness (QED) is 0.405. The Bertz CT molecular complexity index is 1660. The second-order valence-corrected chi connectivity index (χ2v) is 9.17. The summed E-state index contributed by atoms with van der Waals surface area (Å²) in [5, 5.41) is 7.83. The summed E-state index contributed by atoms with van der Waals surface area (Å²) in [6, 6.07) is 13.5. The summed E-state index contributed by atoms with van der Waals surface area (Å²) >= 11 is 0. The highest BCUT2D eigenvalue weighted by molar-refractivity contribution is 6.06. The van der Waals surface area contributed by atoms with Crippen molar-refractivity contribution in [1.82, 2.24) is 24.3 Å². The Kier molecular flexibility index (Phi) is 4.98. The van der Waals surface area contributed by atoms with Gasteiger partial charge in [-0.3, -0.25) is 14.2 Å². The molecule has 1 aliphatic rings. The Labute approximate surface area is 200 Å². The number of aromatic nitrogens is 5. The molecule has 0 saturated heterocycles. The molecule has 176 valence electrons. The molecule has 6 rings (SSSR count). The number of para-hydroxylation sites is 1. The molecule has 35 heavy (non-hydrogen) atoms. The maximum atomic E-state index is 13.6. The van der Waals surface area contributed by atoms with Gasteiger partial charge in [0.05, 0.1) is 11.8 Å². The molecule has 3 heterocycles. The number of amides is 1. The molecular formula is C26H24N6O3. The second-order valence-electron chi connectivity index (χ2n) is 9.17. The molecule has 0 atom stereocenters. The van der Waals surface area contributed by atoms with Crippen LogP contribution in [-0.2, 0) is 17.9 Å². The molecule has 9 heteroatoms. The summed E-state index contributed by atoms with van der Waals surface area (Å²) < 4.78 is 8.56. The number of hydrogen-bond acceptors (Lipinski definition) is 6. The number of nitrogens with one attached hydrogen (secondary N) is 1. The fraction of sp³-hybridized carbons (Fsp3) is 0.269. The maximum absolute atomic E-state index is 13.6. The van der Waals surface area contributed by atoms with Crippen molar-refractivity contribution in [2.24, 2.45) is 0 Å². The van der Waals surface area contributed by atoms with E-state index in [1.807, 2.05) is 56.3 Å². The Morgan fingerprint density at radius 2 is 2.00 bits per heavy atom. The predicted molar refractivity (Wildman–Crippen MR) is 131 cm³/mol. The lowest BCUT2D eigenvalue weighted by molar-refractivity contribution is -0.116. The monoisotopic (exact) mass is 468 g/mol. The Morgan fingerprint density at radius 3 is 2.80 bits per heavy atom. The zero-order chi connectivity index (χ0) is 24.1. The lowest BCUT2D eigenvalue weighted by atomic mass is 10.1. The van der Waals surface area contributed by atoms with Gasteiger partial charge in [-0.1, -0.05) is 35.0 Å². The van der Waals surface area contributed by atoms with Gasteiger partial charge < -0.3 is 14.4 Å². The molecule has 1 N–H and O–H groups in total. The molecule has 1 amide bonds. The van der Waals surface area contributed by atoms with Crippen molar-refractivity contribution in [3.8, 4) is 0 Å². The van der Waals surface area contributed by atoms with Crippen LogP contribution in [0.1, 0.15) is 41.6 Å². The molecule has 0 radical (unpaired) electrons. The average Bonchev–Trinajstić information content (AvgIpc) is 3.51. The van der Waals surface area contributed by atoms with Crippen molar-refractivity contribution in [3.05, 3.63) is 82.0 Å². The first kappa shape index (κ1) is 21.3. The lowest BCUT2D eigenvalue weighted by Crippen LogP contribution is -2.25.